The second-order valence-electron chi connectivity index (χ2n) is 4.35. The molecule has 1 aromatic rings. The van der Waals surface area contributed by atoms with Crippen LogP contribution in [0.5, 0.6) is 17.2 Å². The molecule has 1 atom stereocenters. The van der Waals surface area contributed by atoms with Crippen LogP contribution in [-0.4, -0.2) is 28.5 Å². The molecule has 0 amide bonds. The van der Waals surface area contributed by atoms with Crippen molar-refractivity contribution < 1.29 is 20.1 Å². The van der Waals surface area contributed by atoms with Gasteiger partial charge in [-0.2, -0.15) is 0 Å². The van der Waals surface area contributed by atoms with Gasteiger partial charge in [0.2, 0.25) is 5.75 Å². The molecule has 1 aliphatic heterocycles. The molecule has 0 aliphatic carbocycles. The maximum atomic E-state index is 9.76. The topological polar surface area (TPSA) is 95.9 Å². The van der Waals surface area contributed by atoms with Crippen LogP contribution >= 0.6 is 0 Å². The van der Waals surface area contributed by atoms with E-state index in [1.54, 1.807) is 6.07 Å². The van der Waals surface area contributed by atoms with E-state index in [1.165, 1.54) is 6.07 Å². The Labute approximate surface area is 99.5 Å². The molecule has 0 saturated carbocycles. The molecule has 94 valence electrons. The Kier molecular flexibility index (Phi) is 3.40. The highest BCUT2D eigenvalue weighted by molar-refractivity contribution is 5.54. The third-order valence-electron chi connectivity index (χ3n) is 3.29. The van der Waals surface area contributed by atoms with Crippen molar-refractivity contribution >= 4 is 0 Å². The predicted molar refractivity (Wildman–Crippen MR) is 61.9 cm³/mol. The second kappa shape index (κ2) is 4.81. The summed E-state index contributed by atoms with van der Waals surface area (Å²) in [7, 11) is 0. The Hall–Kier alpha value is -1.46. The summed E-state index contributed by atoms with van der Waals surface area (Å²) in [6, 6.07) is 2.53. The van der Waals surface area contributed by atoms with Crippen LogP contribution in [0.2, 0.25) is 0 Å². The first-order valence-electron chi connectivity index (χ1n) is 5.68. The van der Waals surface area contributed by atoms with Gasteiger partial charge in [-0.25, -0.2) is 0 Å². The standard InChI is InChI=1S/C12H17NO4/c13-10(7-3-5-17-6-4-7)8-1-2-9(14)12(16)11(8)15/h1-2,7,10,14-16H,3-6,13H2/t10-/m0/s1. The fourth-order valence-electron chi connectivity index (χ4n) is 2.18. The molecular formula is C12H17NO4. The first-order valence-corrected chi connectivity index (χ1v) is 5.68. The van der Waals surface area contributed by atoms with Crippen LogP contribution in [0.4, 0.5) is 0 Å². The van der Waals surface area contributed by atoms with Crippen LogP contribution in [-0.2, 0) is 4.74 Å². The summed E-state index contributed by atoms with van der Waals surface area (Å²) in [5.41, 5.74) is 6.55. The zero-order valence-electron chi connectivity index (χ0n) is 9.47. The van der Waals surface area contributed by atoms with Gasteiger partial charge in [-0.1, -0.05) is 0 Å². The van der Waals surface area contributed by atoms with Crippen molar-refractivity contribution in [2.45, 2.75) is 18.9 Å². The molecule has 5 nitrogen and oxygen atoms in total. The lowest BCUT2D eigenvalue weighted by Gasteiger charge is -2.28. The minimum absolute atomic E-state index is 0.221. The number of aromatic hydroxyl groups is 3. The van der Waals surface area contributed by atoms with E-state index in [1.807, 2.05) is 0 Å². The molecule has 1 heterocycles. The molecule has 1 fully saturated rings. The Morgan fingerprint density at radius 3 is 2.41 bits per heavy atom. The van der Waals surface area contributed by atoms with Gasteiger partial charge in [-0.3, -0.25) is 0 Å². The number of phenols is 3. The number of hydrogen-bond donors (Lipinski definition) is 4. The van der Waals surface area contributed by atoms with E-state index in [9.17, 15) is 15.3 Å². The minimum Gasteiger partial charge on any atom is -0.504 e. The molecule has 2 rings (SSSR count). The second-order valence-corrected chi connectivity index (χ2v) is 4.35. The van der Waals surface area contributed by atoms with E-state index in [0.717, 1.165) is 12.8 Å². The summed E-state index contributed by atoms with van der Waals surface area (Å²) in [4.78, 5) is 0. The molecule has 0 spiro atoms. The highest BCUT2D eigenvalue weighted by atomic mass is 16.5. The summed E-state index contributed by atoms with van der Waals surface area (Å²) in [6.45, 7) is 1.34. The molecule has 0 aromatic heterocycles. The van der Waals surface area contributed by atoms with E-state index >= 15 is 0 Å². The molecular weight excluding hydrogens is 222 g/mol. The third-order valence-corrected chi connectivity index (χ3v) is 3.29. The van der Waals surface area contributed by atoms with Crippen LogP contribution in [0.3, 0.4) is 0 Å². The van der Waals surface area contributed by atoms with Crippen molar-refractivity contribution in [3.8, 4) is 17.2 Å². The zero-order chi connectivity index (χ0) is 12.4. The van der Waals surface area contributed by atoms with Gasteiger partial charge in [0.15, 0.2) is 11.5 Å². The number of rotatable bonds is 2. The van der Waals surface area contributed by atoms with Crippen molar-refractivity contribution in [1.29, 1.82) is 0 Å². The lowest BCUT2D eigenvalue weighted by Crippen LogP contribution is -2.27. The van der Waals surface area contributed by atoms with Gasteiger partial charge in [0.1, 0.15) is 0 Å². The van der Waals surface area contributed by atoms with E-state index in [2.05, 4.69) is 0 Å². The Morgan fingerprint density at radius 2 is 1.76 bits per heavy atom. The van der Waals surface area contributed by atoms with Gasteiger partial charge in [-0.05, 0) is 30.9 Å². The number of hydrogen-bond acceptors (Lipinski definition) is 5. The van der Waals surface area contributed by atoms with Crippen LogP contribution in [0, 0.1) is 5.92 Å². The zero-order valence-corrected chi connectivity index (χ0v) is 9.47. The van der Waals surface area contributed by atoms with Gasteiger partial charge in [-0.15, -0.1) is 0 Å². The van der Waals surface area contributed by atoms with Crippen LogP contribution < -0.4 is 5.73 Å². The summed E-state index contributed by atoms with van der Waals surface area (Å²) < 4.78 is 5.25. The average molecular weight is 239 g/mol. The molecule has 5 heteroatoms. The van der Waals surface area contributed by atoms with Gasteiger partial charge >= 0.3 is 0 Å². The molecule has 1 saturated heterocycles. The number of benzene rings is 1. The summed E-state index contributed by atoms with van der Waals surface area (Å²) in [6.07, 6.45) is 1.67. The molecule has 1 aromatic carbocycles. The normalized spacial score (nSPS) is 19.1. The third kappa shape index (κ3) is 2.30. The smallest absolute Gasteiger partial charge is 0.200 e. The van der Waals surface area contributed by atoms with Crippen molar-refractivity contribution in [2.75, 3.05) is 13.2 Å². The van der Waals surface area contributed by atoms with Crippen molar-refractivity contribution in [3.63, 3.8) is 0 Å². The molecule has 0 radical (unpaired) electrons. The average Bonchev–Trinajstić information content (AvgIpc) is 2.36. The van der Waals surface area contributed by atoms with Crippen LogP contribution in [0.25, 0.3) is 0 Å². The molecule has 1 aliphatic rings. The van der Waals surface area contributed by atoms with E-state index in [0.29, 0.717) is 18.8 Å². The monoisotopic (exact) mass is 239 g/mol. The fraction of sp³-hybridized carbons (Fsp3) is 0.500. The number of nitrogens with two attached hydrogens (primary N) is 1. The first kappa shape index (κ1) is 12.0. The number of ether oxygens (including phenoxy) is 1. The van der Waals surface area contributed by atoms with Crippen LogP contribution in [0.15, 0.2) is 12.1 Å². The van der Waals surface area contributed by atoms with Crippen molar-refractivity contribution in [2.24, 2.45) is 11.7 Å². The van der Waals surface area contributed by atoms with E-state index in [-0.39, 0.29) is 23.5 Å². The van der Waals surface area contributed by atoms with E-state index in [4.69, 9.17) is 10.5 Å². The Balaban J connectivity index is 2.24. The lowest BCUT2D eigenvalue weighted by atomic mass is 9.87. The quantitative estimate of drug-likeness (QED) is 0.582. The van der Waals surface area contributed by atoms with E-state index < -0.39 is 5.75 Å². The predicted octanol–water partition coefficient (Wildman–Crippen LogP) is 1.23. The Bertz CT molecular complexity index is 402. The molecule has 0 unspecified atom stereocenters. The molecule has 5 N–H and O–H groups in total. The van der Waals surface area contributed by atoms with Gasteiger partial charge in [0.25, 0.3) is 0 Å². The maximum Gasteiger partial charge on any atom is 0.200 e. The largest absolute Gasteiger partial charge is 0.504 e. The van der Waals surface area contributed by atoms with Crippen molar-refractivity contribution in [1.82, 2.24) is 0 Å². The summed E-state index contributed by atoms with van der Waals surface area (Å²) >= 11 is 0. The Morgan fingerprint density at radius 1 is 1.12 bits per heavy atom. The fourth-order valence-corrected chi connectivity index (χ4v) is 2.18. The van der Waals surface area contributed by atoms with Crippen LogP contribution in [0.1, 0.15) is 24.4 Å². The first-order chi connectivity index (χ1) is 8.11. The minimum atomic E-state index is -0.509. The van der Waals surface area contributed by atoms with Gasteiger partial charge < -0.3 is 25.8 Å². The summed E-state index contributed by atoms with van der Waals surface area (Å²) in [5.74, 6) is -0.960. The maximum absolute atomic E-state index is 9.76. The highest BCUT2D eigenvalue weighted by Gasteiger charge is 2.25. The van der Waals surface area contributed by atoms with Crippen molar-refractivity contribution in [3.05, 3.63) is 17.7 Å². The summed E-state index contributed by atoms with van der Waals surface area (Å²) in [5, 5.41) is 28.5. The molecule has 0 bridgehead atoms. The highest BCUT2D eigenvalue weighted by Crippen LogP contribution is 2.41. The van der Waals surface area contributed by atoms with Gasteiger partial charge in [0.05, 0.1) is 0 Å². The van der Waals surface area contributed by atoms with Gasteiger partial charge in [0, 0.05) is 24.8 Å². The SMILES string of the molecule is N[C@H](c1ccc(O)c(O)c1O)C1CCOCC1. The molecule has 17 heavy (non-hydrogen) atoms. The lowest BCUT2D eigenvalue weighted by molar-refractivity contribution is 0.0580. The number of phenolic OH excluding ortho intramolecular Hbond substituents is 3.